The van der Waals surface area contributed by atoms with Crippen molar-refractivity contribution in [3.8, 4) is 11.5 Å². The van der Waals surface area contributed by atoms with E-state index in [9.17, 15) is 0 Å². The van der Waals surface area contributed by atoms with Crippen LogP contribution in [0, 0.1) is 6.92 Å². The van der Waals surface area contributed by atoms with E-state index in [1.54, 1.807) is 6.20 Å². The first-order valence-electron chi connectivity index (χ1n) is 6.46. The summed E-state index contributed by atoms with van der Waals surface area (Å²) in [6.45, 7) is 2.50. The molecular weight excluding hydrogens is 250 g/mol. The third kappa shape index (κ3) is 2.33. The molecule has 2 N–H and O–H groups in total. The largest absolute Gasteiger partial charge is 0.455 e. The zero-order chi connectivity index (χ0) is 13.9. The second-order valence-electron chi connectivity index (χ2n) is 4.63. The van der Waals surface area contributed by atoms with E-state index < -0.39 is 0 Å². The molecular formula is C16H15N3O. The lowest BCUT2D eigenvalue weighted by atomic mass is 10.1. The summed E-state index contributed by atoms with van der Waals surface area (Å²) in [6.07, 6.45) is 1.64. The van der Waals surface area contributed by atoms with E-state index in [0.717, 1.165) is 27.8 Å². The summed E-state index contributed by atoms with van der Waals surface area (Å²) in [4.78, 5) is 0. The van der Waals surface area contributed by atoms with Crippen molar-refractivity contribution < 1.29 is 4.74 Å². The minimum atomic E-state index is 0.492. The fourth-order valence-electron chi connectivity index (χ4n) is 2.06. The quantitative estimate of drug-likeness (QED) is 0.790. The molecule has 1 heterocycles. The molecule has 2 aromatic carbocycles. The van der Waals surface area contributed by atoms with Gasteiger partial charge in [-0.15, -0.1) is 0 Å². The number of nitrogens with zero attached hydrogens (tertiary/aromatic N) is 2. The first-order chi connectivity index (χ1) is 9.78. The van der Waals surface area contributed by atoms with Crippen LogP contribution in [0.25, 0.3) is 10.9 Å². The maximum atomic E-state index is 6.01. The molecule has 3 rings (SSSR count). The Kier molecular flexibility index (Phi) is 3.31. The zero-order valence-electron chi connectivity index (χ0n) is 11.2. The first-order valence-corrected chi connectivity index (χ1v) is 6.46. The minimum Gasteiger partial charge on any atom is -0.455 e. The molecule has 0 aliphatic carbocycles. The van der Waals surface area contributed by atoms with Gasteiger partial charge in [0.2, 0.25) is 0 Å². The molecule has 0 fully saturated rings. The summed E-state index contributed by atoms with van der Waals surface area (Å²) in [5, 5.41) is 9.02. The van der Waals surface area contributed by atoms with Crippen LogP contribution in [0.4, 0.5) is 0 Å². The second kappa shape index (κ2) is 5.27. The van der Waals surface area contributed by atoms with Gasteiger partial charge in [-0.1, -0.05) is 24.3 Å². The van der Waals surface area contributed by atoms with Gasteiger partial charge in [0, 0.05) is 11.9 Å². The van der Waals surface area contributed by atoms with Gasteiger partial charge in [0.1, 0.15) is 5.75 Å². The summed E-state index contributed by atoms with van der Waals surface area (Å²) >= 11 is 0. The van der Waals surface area contributed by atoms with E-state index in [4.69, 9.17) is 10.5 Å². The lowest BCUT2D eigenvalue weighted by molar-refractivity contribution is 0.480. The molecule has 0 amide bonds. The van der Waals surface area contributed by atoms with Gasteiger partial charge in [0.25, 0.3) is 0 Å². The van der Waals surface area contributed by atoms with Crippen LogP contribution < -0.4 is 10.5 Å². The van der Waals surface area contributed by atoms with E-state index in [1.807, 2.05) is 49.4 Å². The van der Waals surface area contributed by atoms with Gasteiger partial charge in [-0.2, -0.15) is 10.2 Å². The van der Waals surface area contributed by atoms with Gasteiger partial charge in [0.15, 0.2) is 5.75 Å². The number of fused-ring (bicyclic) bond motifs is 1. The van der Waals surface area contributed by atoms with Crippen LogP contribution in [-0.2, 0) is 6.54 Å². The molecule has 20 heavy (non-hydrogen) atoms. The smallest absolute Gasteiger partial charge is 0.157 e. The van der Waals surface area contributed by atoms with Crippen molar-refractivity contribution in [2.24, 2.45) is 5.73 Å². The molecule has 0 spiro atoms. The van der Waals surface area contributed by atoms with E-state index >= 15 is 0 Å². The van der Waals surface area contributed by atoms with Crippen molar-refractivity contribution in [1.82, 2.24) is 10.2 Å². The van der Waals surface area contributed by atoms with Gasteiger partial charge in [-0.3, -0.25) is 0 Å². The summed E-state index contributed by atoms with van der Waals surface area (Å²) in [6, 6.07) is 13.8. The van der Waals surface area contributed by atoms with Crippen molar-refractivity contribution >= 4 is 10.9 Å². The van der Waals surface area contributed by atoms with Crippen molar-refractivity contribution in [1.29, 1.82) is 0 Å². The Hall–Kier alpha value is -2.46. The maximum absolute atomic E-state index is 6.01. The molecule has 100 valence electrons. The monoisotopic (exact) mass is 265 g/mol. The molecule has 0 unspecified atom stereocenters. The van der Waals surface area contributed by atoms with Crippen LogP contribution in [0.5, 0.6) is 11.5 Å². The minimum absolute atomic E-state index is 0.492. The van der Waals surface area contributed by atoms with Gasteiger partial charge < -0.3 is 10.5 Å². The molecule has 0 saturated carbocycles. The second-order valence-corrected chi connectivity index (χ2v) is 4.63. The molecule has 0 saturated heterocycles. The van der Waals surface area contributed by atoms with Crippen LogP contribution >= 0.6 is 0 Å². The van der Waals surface area contributed by atoms with Crippen molar-refractivity contribution in [2.45, 2.75) is 13.5 Å². The molecule has 0 aliphatic heterocycles. The van der Waals surface area contributed by atoms with Gasteiger partial charge in [0.05, 0.1) is 11.7 Å². The highest BCUT2D eigenvalue weighted by Crippen LogP contribution is 2.30. The Bertz CT molecular complexity index is 750. The Balaban J connectivity index is 2.05. The number of ether oxygens (including phenoxy) is 1. The molecule has 0 atom stereocenters. The fourth-order valence-corrected chi connectivity index (χ4v) is 2.06. The van der Waals surface area contributed by atoms with Crippen LogP contribution in [0.1, 0.15) is 11.1 Å². The first kappa shape index (κ1) is 12.6. The van der Waals surface area contributed by atoms with Gasteiger partial charge in [-0.25, -0.2) is 0 Å². The SMILES string of the molecule is Cc1ccc(CN)cc1Oc1cnnc2ccccc12. The van der Waals surface area contributed by atoms with Crippen molar-refractivity contribution in [3.63, 3.8) is 0 Å². The lowest BCUT2D eigenvalue weighted by Crippen LogP contribution is -1.98. The van der Waals surface area contributed by atoms with E-state index in [0.29, 0.717) is 12.3 Å². The van der Waals surface area contributed by atoms with Gasteiger partial charge >= 0.3 is 0 Å². The maximum Gasteiger partial charge on any atom is 0.157 e. The third-order valence-corrected chi connectivity index (χ3v) is 3.22. The Morgan fingerprint density at radius 2 is 1.95 bits per heavy atom. The van der Waals surface area contributed by atoms with Crippen molar-refractivity contribution in [3.05, 3.63) is 59.8 Å². The molecule has 4 nitrogen and oxygen atoms in total. The standard InChI is InChI=1S/C16H15N3O/c1-11-6-7-12(9-17)8-15(11)20-16-10-18-19-14-5-3-2-4-13(14)16/h2-8,10H,9,17H2,1H3. The fraction of sp³-hybridized carbons (Fsp3) is 0.125. The predicted octanol–water partition coefficient (Wildman–Crippen LogP) is 3.19. The molecule has 0 bridgehead atoms. The number of aryl methyl sites for hydroxylation is 1. The van der Waals surface area contributed by atoms with E-state index in [1.165, 1.54) is 0 Å². The topological polar surface area (TPSA) is 61.0 Å². The number of nitrogens with two attached hydrogens (primary N) is 1. The van der Waals surface area contributed by atoms with Gasteiger partial charge in [-0.05, 0) is 36.2 Å². The normalized spacial score (nSPS) is 10.7. The van der Waals surface area contributed by atoms with Crippen LogP contribution in [0.2, 0.25) is 0 Å². The Morgan fingerprint density at radius 1 is 1.10 bits per heavy atom. The van der Waals surface area contributed by atoms with Crippen LogP contribution in [0.15, 0.2) is 48.7 Å². The van der Waals surface area contributed by atoms with Crippen LogP contribution in [0.3, 0.4) is 0 Å². The highest BCUT2D eigenvalue weighted by atomic mass is 16.5. The van der Waals surface area contributed by atoms with Crippen LogP contribution in [-0.4, -0.2) is 10.2 Å². The average Bonchev–Trinajstić information content (AvgIpc) is 2.50. The Morgan fingerprint density at radius 3 is 2.80 bits per heavy atom. The van der Waals surface area contributed by atoms with Crippen molar-refractivity contribution in [2.75, 3.05) is 0 Å². The summed E-state index contributed by atoms with van der Waals surface area (Å²) in [5.41, 5.74) is 8.59. The average molecular weight is 265 g/mol. The number of benzene rings is 2. The number of rotatable bonds is 3. The highest BCUT2D eigenvalue weighted by Gasteiger charge is 2.07. The van der Waals surface area contributed by atoms with E-state index in [2.05, 4.69) is 10.2 Å². The number of aromatic nitrogens is 2. The Labute approximate surface area is 117 Å². The zero-order valence-corrected chi connectivity index (χ0v) is 11.2. The number of hydrogen-bond acceptors (Lipinski definition) is 4. The molecule has 3 aromatic rings. The summed E-state index contributed by atoms with van der Waals surface area (Å²) < 4.78 is 6.01. The molecule has 4 heteroatoms. The summed E-state index contributed by atoms with van der Waals surface area (Å²) in [5.74, 6) is 1.50. The highest BCUT2D eigenvalue weighted by molar-refractivity contribution is 5.84. The molecule has 0 radical (unpaired) electrons. The predicted molar refractivity (Wildman–Crippen MR) is 78.7 cm³/mol. The molecule has 0 aliphatic rings. The third-order valence-electron chi connectivity index (χ3n) is 3.22. The number of hydrogen-bond donors (Lipinski definition) is 1. The van der Waals surface area contributed by atoms with E-state index in [-0.39, 0.29) is 0 Å². The molecule has 1 aromatic heterocycles. The lowest BCUT2D eigenvalue weighted by Gasteiger charge is -2.11. The summed E-state index contributed by atoms with van der Waals surface area (Å²) in [7, 11) is 0.